The second-order valence-corrected chi connectivity index (χ2v) is 3.60. The van der Waals surface area contributed by atoms with Gasteiger partial charge in [0.05, 0.1) is 18.9 Å². The van der Waals surface area contributed by atoms with E-state index in [1.54, 1.807) is 6.07 Å². The van der Waals surface area contributed by atoms with Crippen LogP contribution in [0.5, 0.6) is 5.75 Å². The van der Waals surface area contributed by atoms with Crippen molar-refractivity contribution in [2.75, 3.05) is 12.4 Å². The van der Waals surface area contributed by atoms with Crippen LogP contribution in [-0.2, 0) is 14.3 Å². The molecule has 0 unspecified atom stereocenters. The number of carbonyl (C=O) groups excluding carboxylic acids is 2. The second-order valence-electron chi connectivity index (χ2n) is 3.60. The number of aryl methyl sites for hydroxylation is 1. The Balaban J connectivity index is 2.35. The fraction of sp³-hybridized carbons (Fsp3) is 0.167. The average molecular weight is 233 g/mol. The molecule has 1 aliphatic heterocycles. The van der Waals surface area contributed by atoms with Crippen LogP contribution in [0.4, 0.5) is 5.69 Å². The maximum Gasteiger partial charge on any atom is 0.360 e. The maximum atomic E-state index is 11.5. The molecular formula is C12H11NO4. The first-order valence-electron chi connectivity index (χ1n) is 4.99. The third-order valence-electron chi connectivity index (χ3n) is 2.29. The number of hydrogen-bond donors (Lipinski definition) is 1. The summed E-state index contributed by atoms with van der Waals surface area (Å²) in [4.78, 5) is 22.6. The minimum absolute atomic E-state index is 0.0648. The Hall–Kier alpha value is -2.30. The molecule has 1 aromatic rings. The highest BCUT2D eigenvalue weighted by molar-refractivity contribution is 6.02. The summed E-state index contributed by atoms with van der Waals surface area (Å²) in [5, 5.41) is 2.84. The number of fused-ring (bicyclic) bond motifs is 1. The van der Waals surface area contributed by atoms with Gasteiger partial charge in [-0.2, -0.15) is 0 Å². The van der Waals surface area contributed by atoms with Crippen LogP contribution in [0.2, 0.25) is 0 Å². The van der Waals surface area contributed by atoms with E-state index in [1.165, 1.54) is 7.11 Å². The van der Waals surface area contributed by atoms with Crippen LogP contribution < -0.4 is 10.1 Å². The van der Waals surface area contributed by atoms with Crippen molar-refractivity contribution in [2.24, 2.45) is 0 Å². The molecule has 0 radical (unpaired) electrons. The van der Waals surface area contributed by atoms with E-state index < -0.39 is 11.9 Å². The fourth-order valence-electron chi connectivity index (χ4n) is 1.45. The van der Waals surface area contributed by atoms with Crippen molar-refractivity contribution in [1.82, 2.24) is 0 Å². The summed E-state index contributed by atoms with van der Waals surface area (Å²) < 4.78 is 9.52. The predicted octanol–water partition coefficient (Wildman–Crippen LogP) is 1.38. The van der Waals surface area contributed by atoms with E-state index in [9.17, 15) is 9.59 Å². The Morgan fingerprint density at radius 3 is 2.94 bits per heavy atom. The summed E-state index contributed by atoms with van der Waals surface area (Å²) in [6.45, 7) is 1.92. The quantitative estimate of drug-likeness (QED) is 0.451. The normalized spacial score (nSPS) is 15.9. The zero-order valence-electron chi connectivity index (χ0n) is 9.44. The molecule has 2 rings (SSSR count). The van der Waals surface area contributed by atoms with Crippen molar-refractivity contribution in [3.63, 3.8) is 0 Å². The van der Waals surface area contributed by atoms with Crippen molar-refractivity contribution < 1.29 is 19.1 Å². The van der Waals surface area contributed by atoms with Gasteiger partial charge in [-0.1, -0.05) is 6.07 Å². The first-order valence-corrected chi connectivity index (χ1v) is 4.99. The Morgan fingerprint density at radius 2 is 2.24 bits per heavy atom. The lowest BCUT2D eigenvalue weighted by atomic mass is 10.2. The predicted molar refractivity (Wildman–Crippen MR) is 60.5 cm³/mol. The third kappa shape index (κ3) is 2.28. The smallest absolute Gasteiger partial charge is 0.360 e. The zero-order chi connectivity index (χ0) is 12.4. The van der Waals surface area contributed by atoms with Gasteiger partial charge in [0, 0.05) is 0 Å². The Bertz CT molecular complexity index is 519. The first-order chi connectivity index (χ1) is 8.10. The Labute approximate surface area is 98.0 Å². The molecule has 5 heteroatoms. The van der Waals surface area contributed by atoms with E-state index in [-0.39, 0.29) is 5.70 Å². The molecule has 0 atom stereocenters. The zero-order valence-corrected chi connectivity index (χ0v) is 9.44. The molecule has 17 heavy (non-hydrogen) atoms. The number of esters is 2. The average Bonchev–Trinajstić information content (AvgIpc) is 2.30. The topological polar surface area (TPSA) is 64.6 Å². The molecule has 0 amide bonds. The molecule has 0 saturated heterocycles. The highest BCUT2D eigenvalue weighted by atomic mass is 16.5. The number of hydrogen-bond acceptors (Lipinski definition) is 5. The van der Waals surface area contributed by atoms with Gasteiger partial charge in [-0.3, -0.25) is 0 Å². The minimum atomic E-state index is -0.611. The summed E-state index contributed by atoms with van der Waals surface area (Å²) in [7, 11) is 1.24. The van der Waals surface area contributed by atoms with Gasteiger partial charge in [0.2, 0.25) is 0 Å². The number of methoxy groups -OCH3 is 1. The monoisotopic (exact) mass is 233 g/mol. The molecule has 0 spiro atoms. The number of nitrogens with one attached hydrogen (secondary N) is 1. The fourth-order valence-corrected chi connectivity index (χ4v) is 1.45. The molecule has 0 fully saturated rings. The summed E-state index contributed by atoms with van der Waals surface area (Å²) in [6.07, 6.45) is 1.06. The van der Waals surface area contributed by atoms with Crippen molar-refractivity contribution in [1.29, 1.82) is 0 Å². The van der Waals surface area contributed by atoms with E-state index in [0.29, 0.717) is 11.4 Å². The highest BCUT2D eigenvalue weighted by Crippen LogP contribution is 2.31. The van der Waals surface area contributed by atoms with E-state index >= 15 is 0 Å². The minimum Gasteiger partial charge on any atom is -0.466 e. The number of benzene rings is 1. The Kier molecular flexibility index (Phi) is 2.82. The number of anilines is 1. The van der Waals surface area contributed by atoms with E-state index in [2.05, 4.69) is 10.1 Å². The number of carbonyl (C=O) groups is 2. The van der Waals surface area contributed by atoms with Crippen LogP contribution >= 0.6 is 0 Å². The summed E-state index contributed by atoms with van der Waals surface area (Å²) in [6, 6.07) is 5.36. The molecule has 0 aliphatic carbocycles. The molecule has 0 bridgehead atoms. The van der Waals surface area contributed by atoms with Crippen molar-refractivity contribution >= 4 is 17.6 Å². The van der Waals surface area contributed by atoms with Gasteiger partial charge in [0.15, 0.2) is 5.75 Å². The van der Waals surface area contributed by atoms with Crippen molar-refractivity contribution in [3.05, 3.63) is 35.5 Å². The molecule has 1 aromatic carbocycles. The maximum absolute atomic E-state index is 11.5. The van der Waals surface area contributed by atoms with Crippen molar-refractivity contribution in [3.8, 4) is 5.75 Å². The van der Waals surface area contributed by atoms with Gasteiger partial charge in [-0.05, 0) is 24.6 Å². The van der Waals surface area contributed by atoms with Crippen LogP contribution in [0, 0.1) is 6.92 Å². The van der Waals surface area contributed by atoms with Gasteiger partial charge < -0.3 is 14.8 Å². The Morgan fingerprint density at radius 1 is 1.47 bits per heavy atom. The molecule has 1 aliphatic rings. The highest BCUT2D eigenvalue weighted by Gasteiger charge is 2.22. The molecule has 88 valence electrons. The standard InChI is InChI=1S/C12H11NO4/c1-7-3-4-10-8(5-7)13-9(12(15)17-10)6-11(14)16-2/h3-6,13H,1-2H3. The molecule has 1 N–H and O–H groups in total. The lowest BCUT2D eigenvalue weighted by Gasteiger charge is -2.19. The van der Waals surface area contributed by atoms with Crippen LogP contribution in [0.3, 0.4) is 0 Å². The third-order valence-corrected chi connectivity index (χ3v) is 2.29. The lowest BCUT2D eigenvalue weighted by Crippen LogP contribution is -2.24. The van der Waals surface area contributed by atoms with Crippen molar-refractivity contribution in [2.45, 2.75) is 6.92 Å². The van der Waals surface area contributed by atoms with Gasteiger partial charge in [-0.25, -0.2) is 9.59 Å². The molecule has 5 nitrogen and oxygen atoms in total. The molecule has 1 heterocycles. The van der Waals surface area contributed by atoms with E-state index in [1.807, 2.05) is 19.1 Å². The van der Waals surface area contributed by atoms with Gasteiger partial charge >= 0.3 is 11.9 Å². The summed E-state index contributed by atoms with van der Waals surface area (Å²) in [5.74, 6) is -0.769. The van der Waals surface area contributed by atoms with Crippen LogP contribution in [-0.4, -0.2) is 19.0 Å². The SMILES string of the molecule is COC(=O)C=C1Nc2cc(C)ccc2OC1=O. The van der Waals surface area contributed by atoms with Gasteiger partial charge in [0.1, 0.15) is 5.70 Å². The molecular weight excluding hydrogens is 222 g/mol. The van der Waals surface area contributed by atoms with Crippen LogP contribution in [0.15, 0.2) is 30.0 Å². The number of ether oxygens (including phenoxy) is 2. The van der Waals surface area contributed by atoms with E-state index in [0.717, 1.165) is 11.6 Å². The summed E-state index contributed by atoms with van der Waals surface area (Å²) in [5.41, 5.74) is 1.74. The number of rotatable bonds is 1. The summed E-state index contributed by atoms with van der Waals surface area (Å²) >= 11 is 0. The first kappa shape index (κ1) is 11.2. The van der Waals surface area contributed by atoms with Gasteiger partial charge in [0.25, 0.3) is 0 Å². The molecule has 0 aromatic heterocycles. The van der Waals surface area contributed by atoms with Gasteiger partial charge in [-0.15, -0.1) is 0 Å². The van der Waals surface area contributed by atoms with Crippen LogP contribution in [0.1, 0.15) is 5.56 Å². The second kappa shape index (κ2) is 4.29. The molecule has 0 saturated carbocycles. The largest absolute Gasteiger partial charge is 0.466 e. The van der Waals surface area contributed by atoms with Crippen LogP contribution in [0.25, 0.3) is 0 Å². The van der Waals surface area contributed by atoms with E-state index in [4.69, 9.17) is 4.74 Å². The lowest BCUT2D eigenvalue weighted by molar-refractivity contribution is -0.136.